The molecule has 0 aliphatic carbocycles. The summed E-state index contributed by atoms with van der Waals surface area (Å²) in [5.74, 6) is 1.55. The fourth-order valence-corrected chi connectivity index (χ4v) is 4.00. The van der Waals surface area contributed by atoms with Crippen molar-refractivity contribution >= 4 is 11.3 Å². The maximum atomic E-state index is 5.84. The minimum absolute atomic E-state index is 0.767. The lowest BCUT2D eigenvalue weighted by molar-refractivity contribution is 0.582. The van der Waals surface area contributed by atoms with Gasteiger partial charge in [0.2, 0.25) is 0 Å². The second-order valence-corrected chi connectivity index (χ2v) is 7.25. The summed E-state index contributed by atoms with van der Waals surface area (Å²) in [7, 11) is 0. The van der Waals surface area contributed by atoms with Crippen molar-refractivity contribution in [1.29, 1.82) is 0 Å². The van der Waals surface area contributed by atoms with Crippen LogP contribution in [0.4, 0.5) is 0 Å². The summed E-state index contributed by atoms with van der Waals surface area (Å²) in [6.45, 7) is 1.99. The van der Waals surface area contributed by atoms with E-state index < -0.39 is 0 Å². The molecule has 0 bridgehead atoms. The summed E-state index contributed by atoms with van der Waals surface area (Å²) in [6.07, 6.45) is 7.13. The van der Waals surface area contributed by atoms with Crippen molar-refractivity contribution in [2.45, 2.75) is 6.92 Å². The van der Waals surface area contributed by atoms with Crippen molar-refractivity contribution in [2.75, 3.05) is 0 Å². The number of furan rings is 1. The molecule has 28 heavy (non-hydrogen) atoms. The number of hydrogen-bond acceptors (Lipinski definition) is 5. The van der Waals surface area contributed by atoms with E-state index in [4.69, 9.17) is 4.42 Å². The first kappa shape index (κ1) is 16.6. The van der Waals surface area contributed by atoms with Gasteiger partial charge in [0.15, 0.2) is 0 Å². The second-order valence-electron chi connectivity index (χ2n) is 6.36. The van der Waals surface area contributed by atoms with Crippen molar-refractivity contribution in [1.82, 2.24) is 19.9 Å². The SMILES string of the molecule is Cc1cnc(-c2c(-c3nccs3)ccc(-c3ccccn3)c2-c2ccco2)[nH]1. The molecule has 5 aromatic rings. The molecule has 0 spiro atoms. The zero-order chi connectivity index (χ0) is 18.9. The molecule has 1 N–H and O–H groups in total. The van der Waals surface area contributed by atoms with Crippen LogP contribution in [0.5, 0.6) is 0 Å². The number of H-pyrrole nitrogens is 1. The Morgan fingerprint density at radius 1 is 0.893 bits per heavy atom. The number of imidazole rings is 1. The second kappa shape index (κ2) is 6.90. The van der Waals surface area contributed by atoms with Gasteiger partial charge in [-0.05, 0) is 31.2 Å². The molecule has 1 aromatic carbocycles. The summed E-state index contributed by atoms with van der Waals surface area (Å²) in [5.41, 5.74) is 5.78. The number of nitrogens with one attached hydrogen (secondary N) is 1. The van der Waals surface area contributed by atoms with Gasteiger partial charge >= 0.3 is 0 Å². The van der Waals surface area contributed by atoms with Gasteiger partial charge < -0.3 is 9.40 Å². The Kier molecular flexibility index (Phi) is 4.10. The van der Waals surface area contributed by atoms with E-state index in [1.807, 2.05) is 55.0 Å². The van der Waals surface area contributed by atoms with E-state index in [1.54, 1.807) is 23.8 Å². The monoisotopic (exact) mass is 384 g/mol. The molecule has 5 nitrogen and oxygen atoms in total. The lowest BCUT2D eigenvalue weighted by Crippen LogP contribution is -1.96. The van der Waals surface area contributed by atoms with E-state index in [2.05, 4.69) is 32.1 Å². The number of nitrogens with zero attached hydrogens (tertiary/aromatic N) is 3. The van der Waals surface area contributed by atoms with E-state index in [-0.39, 0.29) is 0 Å². The van der Waals surface area contributed by atoms with Gasteiger partial charge in [-0.25, -0.2) is 9.97 Å². The fourth-order valence-electron chi connectivity index (χ4n) is 3.34. The first-order valence-corrected chi connectivity index (χ1v) is 9.73. The maximum absolute atomic E-state index is 5.84. The van der Waals surface area contributed by atoms with Crippen LogP contribution < -0.4 is 0 Å². The van der Waals surface area contributed by atoms with Crippen LogP contribution in [0.25, 0.3) is 44.5 Å². The highest BCUT2D eigenvalue weighted by Gasteiger charge is 2.23. The molecule has 0 saturated carbocycles. The number of aromatic nitrogens is 4. The van der Waals surface area contributed by atoms with Crippen molar-refractivity contribution in [3.8, 4) is 44.5 Å². The van der Waals surface area contributed by atoms with Crippen molar-refractivity contribution < 1.29 is 4.42 Å². The topological polar surface area (TPSA) is 67.6 Å². The molecule has 0 unspecified atom stereocenters. The van der Waals surface area contributed by atoms with Gasteiger partial charge in [0.25, 0.3) is 0 Å². The molecule has 4 aromatic heterocycles. The van der Waals surface area contributed by atoms with Crippen LogP contribution in [0, 0.1) is 6.92 Å². The van der Waals surface area contributed by atoms with Gasteiger partial charge in [0, 0.05) is 51.9 Å². The predicted octanol–water partition coefficient (Wildman–Crippen LogP) is 5.83. The Balaban J connectivity index is 1.89. The van der Waals surface area contributed by atoms with E-state index >= 15 is 0 Å². The van der Waals surface area contributed by atoms with Crippen molar-refractivity contribution in [3.05, 3.63) is 78.4 Å². The quantitative estimate of drug-likeness (QED) is 0.423. The Bertz CT molecular complexity index is 1210. The highest BCUT2D eigenvalue weighted by molar-refractivity contribution is 7.13. The number of thiazole rings is 1. The third-order valence-electron chi connectivity index (χ3n) is 4.52. The molecular formula is C22H16N4OS. The van der Waals surface area contributed by atoms with E-state index in [0.717, 1.165) is 50.2 Å². The van der Waals surface area contributed by atoms with Crippen LogP contribution in [-0.4, -0.2) is 19.9 Å². The standard InChI is InChI=1S/C22H16N4OS/c1-14-13-25-21(26-14)20-16(22-24-10-12-28-22)8-7-15(17-5-2-3-9-23-17)19(20)18-6-4-11-27-18/h2-13H,1H3,(H,25,26). The van der Waals surface area contributed by atoms with E-state index in [9.17, 15) is 0 Å². The minimum atomic E-state index is 0.767. The molecule has 0 saturated heterocycles. The predicted molar refractivity (Wildman–Crippen MR) is 111 cm³/mol. The number of rotatable bonds is 4. The molecule has 5 rings (SSSR count). The number of benzene rings is 1. The van der Waals surface area contributed by atoms with Crippen molar-refractivity contribution in [2.24, 2.45) is 0 Å². The van der Waals surface area contributed by atoms with Crippen LogP contribution in [0.15, 0.2) is 77.1 Å². The summed E-state index contributed by atoms with van der Waals surface area (Å²) in [5, 5.41) is 2.91. The van der Waals surface area contributed by atoms with Gasteiger partial charge in [-0.1, -0.05) is 18.2 Å². The molecule has 136 valence electrons. The zero-order valence-corrected chi connectivity index (χ0v) is 15.9. The fraction of sp³-hybridized carbons (Fsp3) is 0.0455. The minimum Gasteiger partial charge on any atom is -0.464 e. The lowest BCUT2D eigenvalue weighted by Gasteiger charge is -2.15. The smallest absolute Gasteiger partial charge is 0.138 e. The van der Waals surface area contributed by atoms with Crippen LogP contribution in [0.2, 0.25) is 0 Å². The normalized spacial score (nSPS) is 11.0. The Labute approximate surface area is 165 Å². The van der Waals surface area contributed by atoms with Crippen LogP contribution in [0.3, 0.4) is 0 Å². The van der Waals surface area contributed by atoms with Crippen LogP contribution >= 0.6 is 11.3 Å². The van der Waals surface area contributed by atoms with Crippen molar-refractivity contribution in [3.63, 3.8) is 0 Å². The van der Waals surface area contributed by atoms with E-state index in [0.29, 0.717) is 0 Å². The molecule has 4 heterocycles. The third-order valence-corrected chi connectivity index (χ3v) is 5.32. The molecule has 0 aliphatic rings. The number of aromatic amines is 1. The van der Waals surface area contributed by atoms with Crippen LogP contribution in [0.1, 0.15) is 5.69 Å². The molecule has 0 atom stereocenters. The molecule has 0 aliphatic heterocycles. The van der Waals surface area contributed by atoms with E-state index in [1.165, 1.54) is 0 Å². The highest BCUT2D eigenvalue weighted by Crippen LogP contribution is 2.44. The Morgan fingerprint density at radius 2 is 1.82 bits per heavy atom. The summed E-state index contributed by atoms with van der Waals surface area (Å²) in [6, 6.07) is 13.9. The largest absolute Gasteiger partial charge is 0.464 e. The molecule has 0 radical (unpaired) electrons. The first-order chi connectivity index (χ1) is 13.8. The molecule has 0 amide bonds. The Morgan fingerprint density at radius 3 is 2.50 bits per heavy atom. The summed E-state index contributed by atoms with van der Waals surface area (Å²) >= 11 is 1.60. The van der Waals surface area contributed by atoms with Gasteiger partial charge in [0.05, 0.1) is 12.0 Å². The summed E-state index contributed by atoms with van der Waals surface area (Å²) < 4.78 is 5.84. The Hall–Kier alpha value is -3.51. The first-order valence-electron chi connectivity index (χ1n) is 8.85. The number of hydrogen-bond donors (Lipinski definition) is 1. The molecular weight excluding hydrogens is 368 g/mol. The van der Waals surface area contributed by atoms with Gasteiger partial charge in [0.1, 0.15) is 16.6 Å². The zero-order valence-electron chi connectivity index (χ0n) is 15.1. The van der Waals surface area contributed by atoms with Crippen LogP contribution in [-0.2, 0) is 0 Å². The molecule has 0 fully saturated rings. The number of aryl methyl sites for hydroxylation is 1. The van der Waals surface area contributed by atoms with Gasteiger partial charge in [-0.3, -0.25) is 4.98 Å². The highest BCUT2D eigenvalue weighted by atomic mass is 32.1. The molecule has 6 heteroatoms. The lowest BCUT2D eigenvalue weighted by atomic mass is 9.92. The maximum Gasteiger partial charge on any atom is 0.138 e. The third kappa shape index (κ3) is 2.84. The van der Waals surface area contributed by atoms with Gasteiger partial charge in [-0.15, -0.1) is 11.3 Å². The summed E-state index contributed by atoms with van der Waals surface area (Å²) in [4.78, 5) is 17.1. The average molecular weight is 384 g/mol. The average Bonchev–Trinajstić information content (AvgIpc) is 3.50. The van der Waals surface area contributed by atoms with Gasteiger partial charge in [-0.2, -0.15) is 0 Å². The number of pyridine rings is 1.